The van der Waals surface area contributed by atoms with E-state index in [0.717, 1.165) is 11.2 Å². The number of rotatable bonds is 3. The normalized spacial score (nSPS) is 12.5. The highest BCUT2D eigenvalue weighted by atomic mass is 32.1. The third kappa shape index (κ3) is 2.47. The number of hydrogen-bond acceptors (Lipinski definition) is 3. The number of nitrogens with one attached hydrogen (secondary N) is 1. The Hall–Kier alpha value is -1.87. The van der Waals surface area contributed by atoms with Crippen molar-refractivity contribution in [1.82, 2.24) is 4.98 Å². The summed E-state index contributed by atoms with van der Waals surface area (Å²) in [7, 11) is 0. The van der Waals surface area contributed by atoms with Crippen LogP contribution in [0.1, 0.15) is 23.4 Å². The van der Waals surface area contributed by atoms with E-state index in [4.69, 9.17) is 0 Å². The first-order chi connectivity index (χ1) is 9.24. The van der Waals surface area contributed by atoms with Crippen LogP contribution in [-0.2, 0) is 0 Å². The molecule has 0 aliphatic carbocycles. The lowest BCUT2D eigenvalue weighted by atomic mass is 10.1. The Morgan fingerprint density at radius 2 is 2.05 bits per heavy atom. The number of anilines is 1. The van der Waals surface area contributed by atoms with Crippen LogP contribution >= 0.6 is 11.3 Å². The summed E-state index contributed by atoms with van der Waals surface area (Å²) in [4.78, 5) is 5.86. The van der Waals surface area contributed by atoms with E-state index < -0.39 is 0 Å². The molecule has 0 saturated carbocycles. The second kappa shape index (κ2) is 5.02. The predicted molar refractivity (Wildman–Crippen MR) is 82.8 cm³/mol. The molecule has 2 aromatic heterocycles. The average Bonchev–Trinajstić information content (AvgIpc) is 2.85. The minimum absolute atomic E-state index is 0.308. The van der Waals surface area contributed by atoms with Crippen LogP contribution in [0.3, 0.4) is 0 Å². The van der Waals surface area contributed by atoms with E-state index in [1.807, 2.05) is 24.4 Å². The topological polar surface area (TPSA) is 24.9 Å². The molecule has 96 valence electrons. The molecule has 1 unspecified atom stereocenters. The number of hydrogen-bond donors (Lipinski definition) is 1. The van der Waals surface area contributed by atoms with E-state index in [-0.39, 0.29) is 0 Å². The molecule has 0 aliphatic heterocycles. The number of pyridine rings is 1. The Bertz CT molecular complexity index is 703. The molecular formula is C16H16N2S. The van der Waals surface area contributed by atoms with Gasteiger partial charge in [-0.25, -0.2) is 0 Å². The number of aromatic nitrogens is 1. The number of para-hydroxylation sites is 1. The fourth-order valence-corrected chi connectivity index (χ4v) is 3.23. The van der Waals surface area contributed by atoms with E-state index in [0.29, 0.717) is 6.04 Å². The number of nitrogens with zero attached hydrogens (tertiary/aromatic N) is 1. The zero-order valence-corrected chi connectivity index (χ0v) is 11.9. The van der Waals surface area contributed by atoms with Gasteiger partial charge in [0.2, 0.25) is 0 Å². The first kappa shape index (κ1) is 12.2. The van der Waals surface area contributed by atoms with Crippen molar-refractivity contribution in [2.45, 2.75) is 19.9 Å². The summed E-state index contributed by atoms with van der Waals surface area (Å²) < 4.78 is 0. The van der Waals surface area contributed by atoms with Gasteiger partial charge in [0.1, 0.15) is 0 Å². The summed E-state index contributed by atoms with van der Waals surface area (Å²) in [6.45, 7) is 4.34. The number of thiophene rings is 1. The first-order valence-electron chi connectivity index (χ1n) is 6.39. The van der Waals surface area contributed by atoms with E-state index in [2.05, 4.69) is 47.7 Å². The quantitative estimate of drug-likeness (QED) is 0.739. The van der Waals surface area contributed by atoms with Gasteiger partial charge in [-0.05, 0) is 43.0 Å². The molecule has 0 saturated heterocycles. The monoisotopic (exact) mass is 268 g/mol. The van der Waals surface area contributed by atoms with Crippen LogP contribution in [0.2, 0.25) is 0 Å². The zero-order valence-electron chi connectivity index (χ0n) is 11.1. The standard InChI is InChI=1S/C16H16N2S/c1-11-7-8-19-16(11)12(2)18-14-9-13-5-3-4-6-15(13)17-10-14/h3-10,12,18H,1-2H3. The highest BCUT2D eigenvalue weighted by Gasteiger charge is 2.09. The van der Waals surface area contributed by atoms with Gasteiger partial charge in [0.05, 0.1) is 23.4 Å². The highest BCUT2D eigenvalue weighted by molar-refractivity contribution is 7.10. The van der Waals surface area contributed by atoms with Crippen LogP contribution in [0.4, 0.5) is 5.69 Å². The first-order valence-corrected chi connectivity index (χ1v) is 7.27. The Morgan fingerprint density at radius 3 is 2.84 bits per heavy atom. The van der Waals surface area contributed by atoms with E-state index in [1.54, 1.807) is 11.3 Å². The van der Waals surface area contributed by atoms with Crippen molar-refractivity contribution in [2.75, 3.05) is 5.32 Å². The Kier molecular flexibility index (Phi) is 3.22. The van der Waals surface area contributed by atoms with Gasteiger partial charge in [-0.1, -0.05) is 18.2 Å². The van der Waals surface area contributed by atoms with Gasteiger partial charge >= 0.3 is 0 Å². The van der Waals surface area contributed by atoms with Gasteiger partial charge in [0.15, 0.2) is 0 Å². The molecule has 3 rings (SSSR count). The third-order valence-electron chi connectivity index (χ3n) is 3.27. The molecule has 0 fully saturated rings. The van der Waals surface area contributed by atoms with Gasteiger partial charge < -0.3 is 5.32 Å². The van der Waals surface area contributed by atoms with E-state index in [1.165, 1.54) is 15.8 Å². The Labute approximate surface area is 117 Å². The lowest BCUT2D eigenvalue weighted by molar-refractivity contribution is 0.898. The third-order valence-corrected chi connectivity index (χ3v) is 4.47. The largest absolute Gasteiger partial charge is 0.376 e. The second-order valence-electron chi connectivity index (χ2n) is 4.75. The molecule has 2 nitrogen and oxygen atoms in total. The van der Waals surface area contributed by atoms with Crippen molar-refractivity contribution in [2.24, 2.45) is 0 Å². The van der Waals surface area contributed by atoms with Crippen LogP contribution < -0.4 is 5.32 Å². The van der Waals surface area contributed by atoms with Gasteiger partial charge in [-0.2, -0.15) is 0 Å². The summed E-state index contributed by atoms with van der Waals surface area (Å²) in [6, 6.07) is 12.8. The molecule has 0 aliphatic rings. The number of fused-ring (bicyclic) bond motifs is 1. The molecule has 3 aromatic rings. The summed E-state index contributed by atoms with van der Waals surface area (Å²) >= 11 is 1.80. The molecule has 19 heavy (non-hydrogen) atoms. The summed E-state index contributed by atoms with van der Waals surface area (Å²) in [5.74, 6) is 0. The molecule has 2 heterocycles. The fraction of sp³-hybridized carbons (Fsp3) is 0.188. The van der Waals surface area contributed by atoms with Crippen LogP contribution in [0, 0.1) is 6.92 Å². The molecule has 1 N–H and O–H groups in total. The maximum Gasteiger partial charge on any atom is 0.0703 e. The van der Waals surface area contributed by atoms with Crippen molar-refractivity contribution in [3.8, 4) is 0 Å². The smallest absolute Gasteiger partial charge is 0.0703 e. The molecule has 0 amide bonds. The van der Waals surface area contributed by atoms with Crippen molar-refractivity contribution >= 4 is 27.9 Å². The van der Waals surface area contributed by atoms with Gasteiger partial charge in [-0.3, -0.25) is 4.98 Å². The molecular weight excluding hydrogens is 252 g/mol. The summed E-state index contributed by atoms with van der Waals surface area (Å²) in [6.07, 6.45) is 1.90. The fourth-order valence-electron chi connectivity index (χ4n) is 2.29. The van der Waals surface area contributed by atoms with E-state index in [9.17, 15) is 0 Å². The highest BCUT2D eigenvalue weighted by Crippen LogP contribution is 2.27. The van der Waals surface area contributed by atoms with Crippen molar-refractivity contribution < 1.29 is 0 Å². The lowest BCUT2D eigenvalue weighted by Gasteiger charge is -2.15. The minimum Gasteiger partial charge on any atom is -0.376 e. The van der Waals surface area contributed by atoms with Crippen LogP contribution in [0.5, 0.6) is 0 Å². The predicted octanol–water partition coefficient (Wildman–Crippen LogP) is 4.78. The van der Waals surface area contributed by atoms with Crippen LogP contribution in [0.15, 0.2) is 48.0 Å². The second-order valence-corrected chi connectivity index (χ2v) is 5.70. The number of benzene rings is 1. The van der Waals surface area contributed by atoms with Gasteiger partial charge in [-0.15, -0.1) is 11.3 Å². The van der Waals surface area contributed by atoms with Crippen molar-refractivity contribution in [3.05, 3.63) is 58.4 Å². The molecule has 0 bridgehead atoms. The molecule has 1 atom stereocenters. The Balaban J connectivity index is 1.87. The SMILES string of the molecule is Cc1ccsc1C(C)Nc1cnc2ccccc2c1. The van der Waals surface area contributed by atoms with Crippen molar-refractivity contribution in [3.63, 3.8) is 0 Å². The maximum atomic E-state index is 4.48. The lowest BCUT2D eigenvalue weighted by Crippen LogP contribution is -2.06. The van der Waals surface area contributed by atoms with Gasteiger partial charge in [0.25, 0.3) is 0 Å². The van der Waals surface area contributed by atoms with Crippen LogP contribution in [0.25, 0.3) is 10.9 Å². The number of aryl methyl sites for hydroxylation is 1. The molecule has 1 aromatic carbocycles. The molecule has 3 heteroatoms. The minimum atomic E-state index is 0.308. The van der Waals surface area contributed by atoms with E-state index >= 15 is 0 Å². The zero-order chi connectivity index (χ0) is 13.2. The summed E-state index contributed by atoms with van der Waals surface area (Å²) in [5, 5.41) is 6.83. The van der Waals surface area contributed by atoms with Crippen molar-refractivity contribution in [1.29, 1.82) is 0 Å². The van der Waals surface area contributed by atoms with Crippen LogP contribution in [-0.4, -0.2) is 4.98 Å². The average molecular weight is 268 g/mol. The summed E-state index contributed by atoms with van der Waals surface area (Å²) in [5.41, 5.74) is 3.45. The molecule has 0 radical (unpaired) electrons. The van der Waals surface area contributed by atoms with Gasteiger partial charge in [0, 0.05) is 10.3 Å². The molecule has 0 spiro atoms. The Morgan fingerprint density at radius 1 is 1.21 bits per heavy atom. The maximum absolute atomic E-state index is 4.48.